The first-order valence-corrected chi connectivity index (χ1v) is 2.88. The number of aromatic nitrogens is 1. The van der Waals surface area contributed by atoms with E-state index in [9.17, 15) is 9.18 Å². The predicted molar refractivity (Wildman–Crippen MR) is 34.6 cm³/mol. The number of hydrogen-bond acceptors (Lipinski definition) is 2. The molecule has 0 amide bonds. The fraction of sp³-hybridized carbons (Fsp3) is 0. The minimum atomic E-state index is -0.626. The molecule has 0 bridgehead atoms. The quantitative estimate of drug-likeness (QED) is 0.584. The summed E-state index contributed by atoms with van der Waals surface area (Å²) in [5.74, 6) is -0.626. The van der Waals surface area contributed by atoms with Gasteiger partial charge < -0.3 is 0 Å². The van der Waals surface area contributed by atoms with Crippen LogP contribution in [-0.4, -0.2) is 11.3 Å². The average Bonchev–Trinajstić information content (AvgIpc) is 1.95. The zero-order valence-electron chi connectivity index (χ0n) is 4.84. The number of carbonyl (C=O) groups is 1. The van der Waals surface area contributed by atoms with Crippen LogP contribution < -0.4 is 0 Å². The molecule has 0 saturated carbocycles. The van der Waals surface area contributed by atoms with Crippen molar-refractivity contribution < 1.29 is 9.18 Å². The second kappa shape index (κ2) is 2.75. The molecule has 52 valence electrons. The first-order valence-electron chi connectivity index (χ1n) is 2.51. The van der Waals surface area contributed by atoms with Crippen molar-refractivity contribution in [2.75, 3.05) is 0 Å². The van der Waals surface area contributed by atoms with Crippen LogP contribution in [0, 0.1) is 5.82 Å². The van der Waals surface area contributed by atoms with Gasteiger partial charge in [0, 0.05) is 6.20 Å². The molecule has 0 unspecified atom stereocenters. The maximum atomic E-state index is 12.4. The van der Waals surface area contributed by atoms with E-state index < -0.39 is 5.82 Å². The smallest absolute Gasteiger partial charge is 0.170 e. The summed E-state index contributed by atoms with van der Waals surface area (Å²) >= 11 is 5.32. The lowest BCUT2D eigenvalue weighted by atomic mass is 10.4. The van der Waals surface area contributed by atoms with Gasteiger partial charge in [0.2, 0.25) is 0 Å². The summed E-state index contributed by atoms with van der Waals surface area (Å²) in [6.45, 7) is 0. The summed E-state index contributed by atoms with van der Waals surface area (Å²) in [6, 6.07) is 1.09. The van der Waals surface area contributed by atoms with E-state index in [4.69, 9.17) is 11.6 Å². The lowest BCUT2D eigenvalue weighted by Crippen LogP contribution is -1.89. The highest BCUT2D eigenvalue weighted by Crippen LogP contribution is 2.14. The van der Waals surface area contributed by atoms with Gasteiger partial charge in [0.25, 0.3) is 0 Å². The summed E-state index contributed by atoms with van der Waals surface area (Å²) in [5.41, 5.74) is -0.0679. The summed E-state index contributed by atoms with van der Waals surface area (Å²) in [6.07, 6.45) is 1.59. The van der Waals surface area contributed by atoms with Crippen molar-refractivity contribution in [3.05, 3.63) is 28.8 Å². The molecule has 2 nitrogen and oxygen atoms in total. The van der Waals surface area contributed by atoms with Gasteiger partial charge in [-0.15, -0.1) is 0 Å². The molecule has 1 aromatic rings. The monoisotopic (exact) mass is 159 g/mol. The molecular formula is C6H3ClFNO. The van der Waals surface area contributed by atoms with E-state index in [-0.39, 0.29) is 10.7 Å². The second-order valence-electron chi connectivity index (χ2n) is 1.61. The van der Waals surface area contributed by atoms with E-state index in [0.717, 1.165) is 6.07 Å². The fourth-order valence-corrected chi connectivity index (χ4v) is 0.674. The highest BCUT2D eigenvalue weighted by Gasteiger charge is 2.04. The third kappa shape index (κ3) is 1.14. The Bertz CT molecular complexity index is 264. The fourth-order valence-electron chi connectivity index (χ4n) is 0.517. The van der Waals surface area contributed by atoms with Crippen LogP contribution in [0.4, 0.5) is 4.39 Å². The molecule has 0 aliphatic heterocycles. The van der Waals surface area contributed by atoms with E-state index >= 15 is 0 Å². The zero-order valence-corrected chi connectivity index (χ0v) is 5.60. The third-order valence-corrected chi connectivity index (χ3v) is 1.35. The Morgan fingerprint density at radius 2 is 2.40 bits per heavy atom. The highest BCUT2D eigenvalue weighted by atomic mass is 35.5. The van der Waals surface area contributed by atoms with Crippen LogP contribution in [0.2, 0.25) is 5.02 Å². The Balaban J connectivity index is 3.27. The molecule has 0 aromatic carbocycles. The van der Waals surface area contributed by atoms with Crippen molar-refractivity contribution in [2.24, 2.45) is 0 Å². The average molecular weight is 160 g/mol. The van der Waals surface area contributed by atoms with Crippen LogP contribution in [0.15, 0.2) is 12.3 Å². The van der Waals surface area contributed by atoms with Gasteiger partial charge in [-0.05, 0) is 6.07 Å². The van der Waals surface area contributed by atoms with Gasteiger partial charge in [0.05, 0.1) is 0 Å². The van der Waals surface area contributed by atoms with Crippen molar-refractivity contribution in [2.45, 2.75) is 0 Å². The maximum absolute atomic E-state index is 12.4. The summed E-state index contributed by atoms with van der Waals surface area (Å²) < 4.78 is 12.4. The van der Waals surface area contributed by atoms with Crippen LogP contribution in [-0.2, 0) is 0 Å². The number of aldehydes is 1. The normalized spacial score (nSPS) is 9.40. The molecule has 0 fully saturated rings. The molecule has 0 spiro atoms. The van der Waals surface area contributed by atoms with Gasteiger partial charge in [-0.1, -0.05) is 11.6 Å². The SMILES string of the molecule is O=Cc1nccc(F)c1Cl. The number of pyridine rings is 1. The third-order valence-electron chi connectivity index (χ3n) is 0.981. The summed E-state index contributed by atoms with van der Waals surface area (Å²) in [7, 11) is 0. The minimum Gasteiger partial charge on any atom is -0.296 e. The molecule has 1 heterocycles. The number of halogens is 2. The molecule has 0 saturated heterocycles. The van der Waals surface area contributed by atoms with E-state index in [0.29, 0.717) is 6.29 Å². The van der Waals surface area contributed by atoms with Crippen LogP contribution in [0.3, 0.4) is 0 Å². The van der Waals surface area contributed by atoms with Gasteiger partial charge in [0.15, 0.2) is 6.29 Å². The molecule has 1 rings (SSSR count). The first kappa shape index (κ1) is 7.15. The molecule has 0 atom stereocenters. The van der Waals surface area contributed by atoms with Crippen LogP contribution >= 0.6 is 11.6 Å². The molecule has 4 heteroatoms. The van der Waals surface area contributed by atoms with E-state index in [1.54, 1.807) is 0 Å². The molecule has 0 aliphatic carbocycles. The van der Waals surface area contributed by atoms with Crippen LogP contribution in [0.1, 0.15) is 10.5 Å². The Labute approximate surface area is 61.6 Å². The molecular weight excluding hydrogens is 157 g/mol. The Hall–Kier alpha value is -0.960. The molecule has 0 aliphatic rings. The van der Waals surface area contributed by atoms with Gasteiger partial charge in [-0.25, -0.2) is 4.39 Å². The standard InChI is InChI=1S/C6H3ClFNO/c7-6-4(8)1-2-9-5(6)3-10/h1-3H. The molecule has 0 radical (unpaired) electrons. The Morgan fingerprint density at radius 1 is 1.70 bits per heavy atom. The molecule has 10 heavy (non-hydrogen) atoms. The number of rotatable bonds is 1. The zero-order chi connectivity index (χ0) is 7.56. The van der Waals surface area contributed by atoms with Gasteiger partial charge in [-0.2, -0.15) is 0 Å². The van der Waals surface area contributed by atoms with Crippen molar-refractivity contribution in [1.82, 2.24) is 4.98 Å². The van der Waals surface area contributed by atoms with Crippen molar-refractivity contribution >= 4 is 17.9 Å². The van der Waals surface area contributed by atoms with E-state index in [1.807, 2.05) is 0 Å². The van der Waals surface area contributed by atoms with E-state index in [1.165, 1.54) is 6.20 Å². The Morgan fingerprint density at radius 3 is 2.90 bits per heavy atom. The highest BCUT2D eigenvalue weighted by molar-refractivity contribution is 6.32. The lowest BCUT2D eigenvalue weighted by Gasteiger charge is -1.93. The van der Waals surface area contributed by atoms with Gasteiger partial charge >= 0.3 is 0 Å². The number of nitrogens with zero attached hydrogens (tertiary/aromatic N) is 1. The number of carbonyl (C=O) groups excluding carboxylic acids is 1. The maximum Gasteiger partial charge on any atom is 0.170 e. The van der Waals surface area contributed by atoms with Gasteiger partial charge in [-0.3, -0.25) is 9.78 Å². The van der Waals surface area contributed by atoms with Crippen molar-refractivity contribution in [3.8, 4) is 0 Å². The van der Waals surface area contributed by atoms with E-state index in [2.05, 4.69) is 4.98 Å². The summed E-state index contributed by atoms with van der Waals surface area (Å²) in [4.78, 5) is 13.6. The number of hydrogen-bond donors (Lipinski definition) is 0. The van der Waals surface area contributed by atoms with Crippen molar-refractivity contribution in [1.29, 1.82) is 0 Å². The van der Waals surface area contributed by atoms with Crippen LogP contribution in [0.5, 0.6) is 0 Å². The molecule has 0 N–H and O–H groups in total. The van der Waals surface area contributed by atoms with Gasteiger partial charge in [0.1, 0.15) is 16.5 Å². The lowest BCUT2D eigenvalue weighted by molar-refractivity contribution is 0.111. The largest absolute Gasteiger partial charge is 0.296 e. The predicted octanol–water partition coefficient (Wildman–Crippen LogP) is 1.69. The Kier molecular flexibility index (Phi) is 1.97. The summed E-state index contributed by atoms with van der Waals surface area (Å²) in [5, 5.41) is -0.225. The second-order valence-corrected chi connectivity index (χ2v) is 1.99. The van der Waals surface area contributed by atoms with Crippen molar-refractivity contribution in [3.63, 3.8) is 0 Å². The minimum absolute atomic E-state index is 0.0679. The topological polar surface area (TPSA) is 30.0 Å². The first-order chi connectivity index (χ1) is 4.75. The molecule has 1 aromatic heterocycles. The van der Waals surface area contributed by atoms with Crippen LogP contribution in [0.25, 0.3) is 0 Å².